The number of carbonyl (C=O) groups is 1. The Balaban J connectivity index is 1.61. The van der Waals surface area contributed by atoms with Gasteiger partial charge in [0, 0.05) is 24.1 Å². The third-order valence-corrected chi connectivity index (χ3v) is 4.51. The number of hydrogen-bond donors (Lipinski definition) is 2. The Morgan fingerprint density at radius 1 is 1.07 bits per heavy atom. The van der Waals surface area contributed by atoms with Gasteiger partial charge in [-0.1, -0.05) is 24.3 Å². The average Bonchev–Trinajstić information content (AvgIpc) is 2.71. The number of pyridine rings is 1. The molecule has 28 heavy (non-hydrogen) atoms. The molecule has 0 aliphatic carbocycles. The van der Waals surface area contributed by atoms with Gasteiger partial charge in [-0.15, -0.1) is 0 Å². The Morgan fingerprint density at radius 3 is 2.75 bits per heavy atom. The van der Waals surface area contributed by atoms with Crippen molar-refractivity contribution in [3.63, 3.8) is 0 Å². The number of rotatable bonds is 7. The molecule has 5 heteroatoms. The third kappa shape index (κ3) is 5.10. The highest BCUT2D eigenvalue weighted by molar-refractivity contribution is 6.03. The van der Waals surface area contributed by atoms with Crippen molar-refractivity contribution in [2.24, 2.45) is 0 Å². The molecule has 5 nitrogen and oxygen atoms in total. The molecule has 144 valence electrons. The predicted molar refractivity (Wildman–Crippen MR) is 113 cm³/mol. The monoisotopic (exact) mass is 375 g/mol. The Morgan fingerprint density at radius 2 is 1.93 bits per heavy atom. The SMILES string of the molecule is COc1cccc(CCNc2ccnc(C(=O)Nc3cc(C)ccc3C)c2)c1. The van der Waals surface area contributed by atoms with Crippen LogP contribution < -0.4 is 15.4 Å². The number of aryl methyl sites for hydroxylation is 2. The van der Waals surface area contributed by atoms with Gasteiger partial charge in [0.2, 0.25) is 0 Å². The topological polar surface area (TPSA) is 63.2 Å². The van der Waals surface area contributed by atoms with E-state index in [-0.39, 0.29) is 5.91 Å². The third-order valence-electron chi connectivity index (χ3n) is 4.51. The van der Waals surface area contributed by atoms with Gasteiger partial charge < -0.3 is 15.4 Å². The second kappa shape index (κ2) is 9.04. The minimum atomic E-state index is -0.217. The summed E-state index contributed by atoms with van der Waals surface area (Å²) in [6, 6.07) is 17.6. The Hall–Kier alpha value is -3.34. The Labute approximate surface area is 165 Å². The van der Waals surface area contributed by atoms with E-state index in [4.69, 9.17) is 4.74 Å². The van der Waals surface area contributed by atoms with Crippen LogP contribution in [-0.4, -0.2) is 24.5 Å². The van der Waals surface area contributed by atoms with Crippen LogP contribution in [0.3, 0.4) is 0 Å². The molecule has 0 fully saturated rings. The molecule has 3 rings (SSSR count). The summed E-state index contributed by atoms with van der Waals surface area (Å²) in [5, 5.41) is 6.30. The van der Waals surface area contributed by atoms with Gasteiger partial charge in [0.15, 0.2) is 0 Å². The highest BCUT2D eigenvalue weighted by Crippen LogP contribution is 2.18. The molecule has 2 aromatic carbocycles. The van der Waals surface area contributed by atoms with Gasteiger partial charge in [0.1, 0.15) is 11.4 Å². The maximum Gasteiger partial charge on any atom is 0.274 e. The number of carbonyl (C=O) groups excluding carboxylic acids is 1. The normalized spacial score (nSPS) is 10.4. The highest BCUT2D eigenvalue weighted by Gasteiger charge is 2.10. The molecule has 0 spiro atoms. The van der Waals surface area contributed by atoms with Crippen LogP contribution in [0.25, 0.3) is 0 Å². The van der Waals surface area contributed by atoms with Crippen LogP contribution in [0.5, 0.6) is 5.75 Å². The van der Waals surface area contributed by atoms with E-state index in [1.54, 1.807) is 19.4 Å². The van der Waals surface area contributed by atoms with E-state index >= 15 is 0 Å². The van der Waals surface area contributed by atoms with Gasteiger partial charge >= 0.3 is 0 Å². The van der Waals surface area contributed by atoms with Crippen molar-refractivity contribution in [3.8, 4) is 5.75 Å². The number of hydrogen-bond acceptors (Lipinski definition) is 4. The fourth-order valence-corrected chi connectivity index (χ4v) is 2.90. The van der Waals surface area contributed by atoms with E-state index in [9.17, 15) is 4.79 Å². The fraction of sp³-hybridized carbons (Fsp3) is 0.217. The van der Waals surface area contributed by atoms with Crippen molar-refractivity contribution in [1.29, 1.82) is 0 Å². The van der Waals surface area contributed by atoms with Crippen molar-refractivity contribution >= 4 is 17.3 Å². The van der Waals surface area contributed by atoms with Gasteiger partial charge in [-0.25, -0.2) is 0 Å². The zero-order chi connectivity index (χ0) is 19.9. The molecule has 1 amide bonds. The summed E-state index contributed by atoms with van der Waals surface area (Å²) < 4.78 is 5.25. The Bertz CT molecular complexity index is 970. The molecule has 0 aliphatic rings. The lowest BCUT2D eigenvalue weighted by molar-refractivity contribution is 0.102. The number of methoxy groups -OCH3 is 1. The molecule has 0 atom stereocenters. The van der Waals surface area contributed by atoms with Crippen LogP contribution in [0.15, 0.2) is 60.8 Å². The predicted octanol–water partition coefficient (Wildman–Crippen LogP) is 4.61. The smallest absolute Gasteiger partial charge is 0.274 e. The average molecular weight is 375 g/mol. The first-order valence-corrected chi connectivity index (χ1v) is 9.26. The van der Waals surface area contributed by atoms with Gasteiger partial charge in [-0.3, -0.25) is 9.78 Å². The summed E-state index contributed by atoms with van der Waals surface area (Å²) in [5.41, 5.74) is 5.36. The van der Waals surface area contributed by atoms with Gasteiger partial charge in [-0.05, 0) is 67.3 Å². The van der Waals surface area contributed by atoms with Crippen molar-refractivity contribution in [2.45, 2.75) is 20.3 Å². The molecule has 1 aromatic heterocycles. The zero-order valence-corrected chi connectivity index (χ0v) is 16.5. The van der Waals surface area contributed by atoms with Crippen LogP contribution in [0, 0.1) is 13.8 Å². The minimum absolute atomic E-state index is 0.217. The van der Waals surface area contributed by atoms with E-state index in [2.05, 4.69) is 21.7 Å². The first-order chi connectivity index (χ1) is 13.5. The van der Waals surface area contributed by atoms with Crippen molar-refractivity contribution < 1.29 is 9.53 Å². The van der Waals surface area contributed by atoms with Crippen LogP contribution in [0.4, 0.5) is 11.4 Å². The van der Waals surface area contributed by atoms with Gasteiger partial charge in [-0.2, -0.15) is 0 Å². The molecule has 0 bridgehead atoms. The van der Waals surface area contributed by atoms with E-state index < -0.39 is 0 Å². The fourth-order valence-electron chi connectivity index (χ4n) is 2.90. The first-order valence-electron chi connectivity index (χ1n) is 9.26. The lowest BCUT2D eigenvalue weighted by atomic mass is 10.1. The molecule has 2 N–H and O–H groups in total. The number of aromatic nitrogens is 1. The molecule has 0 saturated heterocycles. The summed E-state index contributed by atoms with van der Waals surface area (Å²) >= 11 is 0. The molecular weight excluding hydrogens is 350 g/mol. The minimum Gasteiger partial charge on any atom is -0.497 e. The summed E-state index contributed by atoms with van der Waals surface area (Å²) in [5.74, 6) is 0.636. The van der Waals surface area contributed by atoms with Crippen LogP contribution >= 0.6 is 0 Å². The number of nitrogens with zero attached hydrogens (tertiary/aromatic N) is 1. The maximum absolute atomic E-state index is 12.6. The number of benzene rings is 2. The van der Waals surface area contributed by atoms with Gasteiger partial charge in [0.25, 0.3) is 5.91 Å². The molecular formula is C23H25N3O2. The lowest BCUT2D eigenvalue weighted by Gasteiger charge is -2.11. The standard InChI is InChI=1S/C23H25N3O2/c1-16-7-8-17(2)21(13-16)26-23(27)22-15-19(10-12-25-22)24-11-9-18-5-4-6-20(14-18)28-3/h4-8,10,12-15H,9,11H2,1-3H3,(H,24,25)(H,26,27). The largest absolute Gasteiger partial charge is 0.497 e. The summed E-state index contributed by atoms with van der Waals surface area (Å²) in [4.78, 5) is 16.8. The number of nitrogens with one attached hydrogen (secondary N) is 2. The summed E-state index contributed by atoms with van der Waals surface area (Å²) in [6.07, 6.45) is 2.50. The van der Waals surface area contributed by atoms with Crippen LogP contribution in [0.2, 0.25) is 0 Å². The molecule has 3 aromatic rings. The molecule has 0 radical (unpaired) electrons. The quantitative estimate of drug-likeness (QED) is 0.633. The molecule has 0 aliphatic heterocycles. The molecule has 0 saturated carbocycles. The first kappa shape index (κ1) is 19.4. The second-order valence-electron chi connectivity index (χ2n) is 6.73. The maximum atomic E-state index is 12.6. The number of amides is 1. The van der Waals surface area contributed by atoms with Crippen molar-refractivity contribution in [1.82, 2.24) is 4.98 Å². The van der Waals surface area contributed by atoms with E-state index in [1.165, 1.54) is 5.56 Å². The number of ether oxygens (including phenoxy) is 1. The van der Waals surface area contributed by atoms with Gasteiger partial charge in [0.05, 0.1) is 7.11 Å². The second-order valence-corrected chi connectivity index (χ2v) is 6.73. The summed E-state index contributed by atoms with van der Waals surface area (Å²) in [6.45, 7) is 4.72. The zero-order valence-electron chi connectivity index (χ0n) is 16.5. The van der Waals surface area contributed by atoms with Crippen LogP contribution in [0.1, 0.15) is 27.2 Å². The molecule has 1 heterocycles. The van der Waals surface area contributed by atoms with Crippen molar-refractivity contribution in [3.05, 3.63) is 83.2 Å². The summed E-state index contributed by atoms with van der Waals surface area (Å²) in [7, 11) is 1.67. The Kier molecular flexibility index (Phi) is 6.27. The lowest BCUT2D eigenvalue weighted by Crippen LogP contribution is -2.15. The van der Waals surface area contributed by atoms with Crippen LogP contribution in [-0.2, 0) is 6.42 Å². The van der Waals surface area contributed by atoms with Crippen molar-refractivity contribution in [2.75, 3.05) is 24.3 Å². The molecule has 0 unspecified atom stereocenters. The van der Waals surface area contributed by atoms with E-state index in [0.717, 1.165) is 41.2 Å². The number of anilines is 2. The van der Waals surface area contributed by atoms with E-state index in [1.807, 2.05) is 56.3 Å². The van der Waals surface area contributed by atoms with E-state index in [0.29, 0.717) is 5.69 Å². The highest BCUT2D eigenvalue weighted by atomic mass is 16.5.